The minimum absolute atomic E-state index is 0.230. The second-order valence-corrected chi connectivity index (χ2v) is 4.61. The number of carbonyl (C=O) groups excluding carboxylic acids is 1. The lowest BCUT2D eigenvalue weighted by Gasteiger charge is -2.17. The van der Waals surface area contributed by atoms with E-state index in [2.05, 4.69) is 10.3 Å². The molecular weight excluding hydrogens is 276 g/mol. The number of nitrogens with zero attached hydrogens (tertiary/aromatic N) is 1. The first-order valence-corrected chi connectivity index (χ1v) is 6.71. The zero-order valence-corrected chi connectivity index (χ0v) is 11.8. The van der Waals surface area contributed by atoms with Gasteiger partial charge in [-0.3, -0.25) is 4.79 Å². The van der Waals surface area contributed by atoms with Crippen LogP contribution in [0.15, 0.2) is 48.7 Å². The van der Waals surface area contributed by atoms with E-state index < -0.39 is 6.10 Å². The highest BCUT2D eigenvalue weighted by atomic mass is 35.5. The molecule has 4 nitrogen and oxygen atoms in total. The molecule has 1 N–H and O–H groups in total. The van der Waals surface area contributed by atoms with Crippen molar-refractivity contribution < 1.29 is 9.53 Å². The van der Waals surface area contributed by atoms with E-state index in [9.17, 15) is 4.79 Å². The van der Waals surface area contributed by atoms with Crippen molar-refractivity contribution in [3.8, 4) is 5.75 Å². The molecule has 1 heterocycles. The second-order valence-electron chi connectivity index (χ2n) is 4.18. The summed E-state index contributed by atoms with van der Waals surface area (Å²) in [7, 11) is 0. The fraction of sp³-hybridized carbons (Fsp3) is 0.200. The molecule has 2 rings (SSSR count). The molecule has 1 atom stereocenters. The van der Waals surface area contributed by atoms with E-state index in [-0.39, 0.29) is 5.91 Å². The molecule has 0 aliphatic rings. The molecule has 1 amide bonds. The number of amides is 1. The van der Waals surface area contributed by atoms with Crippen LogP contribution in [-0.2, 0) is 4.79 Å². The largest absolute Gasteiger partial charge is 0.481 e. The fourth-order valence-electron chi connectivity index (χ4n) is 1.67. The van der Waals surface area contributed by atoms with Crippen LogP contribution in [-0.4, -0.2) is 17.0 Å². The third kappa shape index (κ3) is 3.96. The number of aromatic nitrogens is 1. The third-order valence-electron chi connectivity index (χ3n) is 2.65. The topological polar surface area (TPSA) is 51.2 Å². The van der Waals surface area contributed by atoms with Crippen molar-refractivity contribution in [2.24, 2.45) is 0 Å². The molecule has 1 aromatic heterocycles. The van der Waals surface area contributed by atoms with Gasteiger partial charge in [0, 0.05) is 11.2 Å². The predicted molar refractivity (Wildman–Crippen MR) is 79.0 cm³/mol. The summed E-state index contributed by atoms with van der Waals surface area (Å²) < 4.78 is 5.65. The Morgan fingerprint density at radius 2 is 2.20 bits per heavy atom. The summed E-state index contributed by atoms with van der Waals surface area (Å²) in [5.41, 5.74) is 0. The van der Waals surface area contributed by atoms with Crippen molar-refractivity contribution >= 4 is 23.3 Å². The SMILES string of the molecule is CC[C@H](Oc1cccc(Cl)c1)C(=O)Nc1ccccn1. The lowest BCUT2D eigenvalue weighted by molar-refractivity contribution is -0.122. The van der Waals surface area contributed by atoms with Crippen molar-refractivity contribution in [2.45, 2.75) is 19.4 Å². The Morgan fingerprint density at radius 1 is 1.35 bits per heavy atom. The molecule has 0 unspecified atom stereocenters. The van der Waals surface area contributed by atoms with Gasteiger partial charge in [-0.2, -0.15) is 0 Å². The number of carbonyl (C=O) groups is 1. The van der Waals surface area contributed by atoms with Gasteiger partial charge in [0.2, 0.25) is 0 Å². The monoisotopic (exact) mass is 290 g/mol. The summed E-state index contributed by atoms with van der Waals surface area (Å²) in [6.45, 7) is 1.88. The molecule has 20 heavy (non-hydrogen) atoms. The third-order valence-corrected chi connectivity index (χ3v) is 2.89. The van der Waals surface area contributed by atoms with E-state index >= 15 is 0 Å². The van der Waals surface area contributed by atoms with E-state index in [0.29, 0.717) is 23.0 Å². The molecule has 0 fully saturated rings. The number of nitrogens with one attached hydrogen (secondary N) is 1. The summed E-state index contributed by atoms with van der Waals surface area (Å²) in [6.07, 6.45) is 1.58. The number of pyridine rings is 1. The Morgan fingerprint density at radius 3 is 2.85 bits per heavy atom. The second kappa shape index (κ2) is 6.91. The molecule has 5 heteroatoms. The van der Waals surface area contributed by atoms with Crippen LogP contribution < -0.4 is 10.1 Å². The smallest absolute Gasteiger partial charge is 0.266 e. The van der Waals surface area contributed by atoms with Gasteiger partial charge >= 0.3 is 0 Å². The number of ether oxygens (including phenoxy) is 1. The summed E-state index contributed by atoms with van der Waals surface area (Å²) >= 11 is 5.89. The molecule has 0 radical (unpaired) electrons. The molecule has 0 spiro atoms. The molecule has 0 aliphatic carbocycles. The van der Waals surface area contributed by atoms with Crippen LogP contribution in [0.5, 0.6) is 5.75 Å². The van der Waals surface area contributed by atoms with Gasteiger partial charge in [-0.05, 0) is 36.8 Å². The van der Waals surface area contributed by atoms with Gasteiger partial charge in [0.15, 0.2) is 6.10 Å². The first kappa shape index (κ1) is 14.3. The number of halogens is 1. The highest BCUT2D eigenvalue weighted by Crippen LogP contribution is 2.19. The van der Waals surface area contributed by atoms with Crippen molar-refractivity contribution in [1.29, 1.82) is 0 Å². The van der Waals surface area contributed by atoms with Gasteiger partial charge in [-0.1, -0.05) is 30.7 Å². The van der Waals surface area contributed by atoms with E-state index in [0.717, 1.165) is 0 Å². The molecule has 2 aromatic rings. The Balaban J connectivity index is 2.02. The Hall–Kier alpha value is -2.07. The summed E-state index contributed by atoms with van der Waals surface area (Å²) in [5, 5.41) is 3.29. The molecule has 0 bridgehead atoms. The lowest BCUT2D eigenvalue weighted by atomic mass is 10.2. The zero-order chi connectivity index (χ0) is 14.4. The molecule has 104 valence electrons. The number of hydrogen-bond donors (Lipinski definition) is 1. The van der Waals surface area contributed by atoms with E-state index in [1.165, 1.54) is 0 Å². The lowest BCUT2D eigenvalue weighted by Crippen LogP contribution is -2.32. The fourth-order valence-corrected chi connectivity index (χ4v) is 1.85. The Bertz CT molecular complexity index is 575. The quantitative estimate of drug-likeness (QED) is 0.916. The van der Waals surface area contributed by atoms with E-state index in [1.54, 1.807) is 48.7 Å². The van der Waals surface area contributed by atoms with Crippen LogP contribution in [0.2, 0.25) is 5.02 Å². The minimum Gasteiger partial charge on any atom is -0.481 e. The van der Waals surface area contributed by atoms with Crippen LogP contribution in [0.25, 0.3) is 0 Å². The highest BCUT2D eigenvalue weighted by Gasteiger charge is 2.18. The normalized spacial score (nSPS) is 11.7. The maximum Gasteiger partial charge on any atom is 0.266 e. The number of hydrogen-bond acceptors (Lipinski definition) is 3. The summed E-state index contributed by atoms with van der Waals surface area (Å²) in [6, 6.07) is 12.3. The zero-order valence-electron chi connectivity index (χ0n) is 11.0. The van der Waals surface area contributed by atoms with Gasteiger partial charge in [-0.15, -0.1) is 0 Å². The number of rotatable bonds is 5. The Labute approximate surface area is 122 Å². The highest BCUT2D eigenvalue weighted by molar-refractivity contribution is 6.30. The first-order chi connectivity index (χ1) is 9.69. The molecule has 0 saturated heterocycles. The maximum atomic E-state index is 12.1. The predicted octanol–water partition coefficient (Wildman–Crippen LogP) is 3.53. The van der Waals surface area contributed by atoms with Crippen molar-refractivity contribution in [3.63, 3.8) is 0 Å². The average Bonchev–Trinajstić information content (AvgIpc) is 2.46. The van der Waals surface area contributed by atoms with Crippen molar-refractivity contribution in [2.75, 3.05) is 5.32 Å². The molecule has 0 saturated carbocycles. The van der Waals surface area contributed by atoms with Crippen LogP contribution in [0.1, 0.15) is 13.3 Å². The van der Waals surface area contributed by atoms with Crippen LogP contribution in [0.3, 0.4) is 0 Å². The standard InChI is InChI=1S/C15H15ClN2O2/c1-2-13(20-12-7-5-6-11(16)10-12)15(19)18-14-8-3-4-9-17-14/h3-10,13H,2H2,1H3,(H,17,18,19)/t13-/m0/s1. The van der Waals surface area contributed by atoms with Gasteiger partial charge in [0.25, 0.3) is 5.91 Å². The van der Waals surface area contributed by atoms with Gasteiger partial charge in [0.1, 0.15) is 11.6 Å². The Kier molecular flexibility index (Phi) is 4.96. The molecule has 0 aliphatic heterocycles. The maximum absolute atomic E-state index is 12.1. The first-order valence-electron chi connectivity index (χ1n) is 6.33. The van der Waals surface area contributed by atoms with Crippen LogP contribution >= 0.6 is 11.6 Å². The summed E-state index contributed by atoms with van der Waals surface area (Å²) in [5.74, 6) is 0.845. The van der Waals surface area contributed by atoms with Gasteiger partial charge < -0.3 is 10.1 Å². The van der Waals surface area contributed by atoms with E-state index in [1.807, 2.05) is 6.92 Å². The van der Waals surface area contributed by atoms with Gasteiger partial charge in [0.05, 0.1) is 0 Å². The molecule has 1 aromatic carbocycles. The van der Waals surface area contributed by atoms with Crippen LogP contribution in [0, 0.1) is 0 Å². The van der Waals surface area contributed by atoms with Crippen molar-refractivity contribution in [3.05, 3.63) is 53.7 Å². The number of anilines is 1. The number of benzene rings is 1. The van der Waals surface area contributed by atoms with Crippen LogP contribution in [0.4, 0.5) is 5.82 Å². The van der Waals surface area contributed by atoms with Crippen molar-refractivity contribution in [1.82, 2.24) is 4.98 Å². The average molecular weight is 291 g/mol. The summed E-state index contributed by atoms with van der Waals surface area (Å²) in [4.78, 5) is 16.2. The minimum atomic E-state index is -0.588. The van der Waals surface area contributed by atoms with Gasteiger partial charge in [-0.25, -0.2) is 4.98 Å². The van der Waals surface area contributed by atoms with E-state index in [4.69, 9.17) is 16.3 Å². The molecular formula is C15H15ClN2O2.